The Labute approximate surface area is 142 Å². The Balaban J connectivity index is 1.59. The molecule has 2 N–H and O–H groups in total. The number of fused-ring (bicyclic) bond motifs is 1. The summed E-state index contributed by atoms with van der Waals surface area (Å²) in [5.41, 5.74) is 7.90. The standard InChI is InChI=1S/C17H14N6S/c18-16-13-8-4-5-9-14(13)20-15(21-16)10-24-17-22-19-11-23(17)12-6-2-1-3-7-12/h1-9,11H,10H2,(H2,18,20,21). The molecule has 6 nitrogen and oxygen atoms in total. The number of hydrogen-bond acceptors (Lipinski definition) is 6. The molecule has 7 heteroatoms. The number of anilines is 1. The maximum Gasteiger partial charge on any atom is 0.196 e. The van der Waals surface area contributed by atoms with E-state index in [2.05, 4.69) is 20.2 Å². The number of nitrogens with two attached hydrogens (primary N) is 1. The maximum absolute atomic E-state index is 6.03. The molecule has 0 saturated heterocycles. The fraction of sp³-hybridized carbons (Fsp3) is 0.0588. The molecule has 4 aromatic rings. The molecule has 0 amide bonds. The summed E-state index contributed by atoms with van der Waals surface area (Å²) in [6.07, 6.45) is 1.70. The molecular formula is C17H14N6S. The minimum atomic E-state index is 0.501. The number of aromatic nitrogens is 5. The lowest BCUT2D eigenvalue weighted by molar-refractivity contribution is 0.881. The van der Waals surface area contributed by atoms with Crippen LogP contribution in [0.1, 0.15) is 5.82 Å². The molecule has 2 aromatic heterocycles. The van der Waals surface area contributed by atoms with Crippen LogP contribution in [0.2, 0.25) is 0 Å². The van der Waals surface area contributed by atoms with Crippen molar-refractivity contribution in [2.75, 3.05) is 5.73 Å². The van der Waals surface area contributed by atoms with Crippen molar-refractivity contribution in [3.8, 4) is 5.69 Å². The number of para-hydroxylation sites is 2. The third-order valence-electron chi connectivity index (χ3n) is 3.56. The highest BCUT2D eigenvalue weighted by Crippen LogP contribution is 2.24. The molecule has 118 valence electrons. The second kappa shape index (κ2) is 6.29. The van der Waals surface area contributed by atoms with Crippen LogP contribution in [0.4, 0.5) is 5.82 Å². The number of benzene rings is 2. The lowest BCUT2D eigenvalue weighted by Crippen LogP contribution is -2.01. The van der Waals surface area contributed by atoms with Crippen molar-refractivity contribution in [1.29, 1.82) is 0 Å². The lowest BCUT2D eigenvalue weighted by atomic mass is 10.2. The predicted octanol–water partition coefficient (Wildman–Crippen LogP) is 3.09. The van der Waals surface area contributed by atoms with Gasteiger partial charge in [-0.05, 0) is 24.3 Å². The summed E-state index contributed by atoms with van der Waals surface area (Å²) in [6.45, 7) is 0. The minimum Gasteiger partial charge on any atom is -0.383 e. The Kier molecular flexibility index (Phi) is 3.84. The van der Waals surface area contributed by atoms with Gasteiger partial charge in [0.2, 0.25) is 0 Å². The molecule has 0 unspecified atom stereocenters. The summed E-state index contributed by atoms with van der Waals surface area (Å²) in [7, 11) is 0. The molecule has 0 atom stereocenters. The molecule has 0 spiro atoms. The van der Waals surface area contributed by atoms with Gasteiger partial charge < -0.3 is 5.73 Å². The molecule has 0 bridgehead atoms. The molecule has 0 aliphatic heterocycles. The third-order valence-corrected chi connectivity index (χ3v) is 4.50. The Morgan fingerprint density at radius 2 is 1.75 bits per heavy atom. The smallest absolute Gasteiger partial charge is 0.196 e. The average molecular weight is 334 g/mol. The number of rotatable bonds is 4. The minimum absolute atomic E-state index is 0.501. The van der Waals surface area contributed by atoms with Gasteiger partial charge in [-0.15, -0.1) is 10.2 Å². The number of nitrogen functional groups attached to an aromatic ring is 1. The molecule has 0 aliphatic rings. The van der Waals surface area contributed by atoms with Crippen LogP contribution in [0.5, 0.6) is 0 Å². The molecule has 0 radical (unpaired) electrons. The monoisotopic (exact) mass is 334 g/mol. The van der Waals surface area contributed by atoms with E-state index in [4.69, 9.17) is 5.73 Å². The van der Waals surface area contributed by atoms with Crippen molar-refractivity contribution >= 4 is 28.5 Å². The number of thioether (sulfide) groups is 1. The van der Waals surface area contributed by atoms with E-state index >= 15 is 0 Å². The van der Waals surface area contributed by atoms with Crippen molar-refractivity contribution < 1.29 is 0 Å². The van der Waals surface area contributed by atoms with Gasteiger partial charge in [0.25, 0.3) is 0 Å². The van der Waals surface area contributed by atoms with Crippen LogP contribution in [0, 0.1) is 0 Å². The van der Waals surface area contributed by atoms with E-state index in [1.54, 1.807) is 6.33 Å². The molecule has 2 aromatic carbocycles. The van der Waals surface area contributed by atoms with E-state index in [0.717, 1.165) is 21.7 Å². The first-order chi connectivity index (χ1) is 11.8. The van der Waals surface area contributed by atoms with Crippen LogP contribution in [0.3, 0.4) is 0 Å². The van der Waals surface area contributed by atoms with Gasteiger partial charge >= 0.3 is 0 Å². The van der Waals surface area contributed by atoms with Gasteiger partial charge in [0.15, 0.2) is 5.16 Å². The van der Waals surface area contributed by atoms with E-state index in [-0.39, 0.29) is 0 Å². The fourth-order valence-corrected chi connectivity index (χ4v) is 3.22. The van der Waals surface area contributed by atoms with Crippen LogP contribution >= 0.6 is 11.8 Å². The van der Waals surface area contributed by atoms with E-state index in [9.17, 15) is 0 Å². The van der Waals surface area contributed by atoms with Crippen molar-refractivity contribution in [3.05, 3.63) is 66.7 Å². The quantitative estimate of drug-likeness (QED) is 0.578. The molecule has 0 aliphatic carbocycles. The highest BCUT2D eigenvalue weighted by Gasteiger charge is 2.10. The summed E-state index contributed by atoms with van der Waals surface area (Å²) < 4.78 is 1.94. The highest BCUT2D eigenvalue weighted by atomic mass is 32.2. The van der Waals surface area contributed by atoms with E-state index in [0.29, 0.717) is 17.4 Å². The first kappa shape index (κ1) is 14.6. The van der Waals surface area contributed by atoms with Gasteiger partial charge in [0, 0.05) is 11.1 Å². The Hall–Kier alpha value is -2.93. The average Bonchev–Trinajstić information content (AvgIpc) is 3.09. The van der Waals surface area contributed by atoms with E-state index < -0.39 is 0 Å². The summed E-state index contributed by atoms with van der Waals surface area (Å²) in [6, 6.07) is 17.7. The van der Waals surface area contributed by atoms with Gasteiger partial charge in [-0.3, -0.25) is 4.57 Å². The number of hydrogen-bond donors (Lipinski definition) is 1. The van der Waals surface area contributed by atoms with Crippen molar-refractivity contribution in [2.24, 2.45) is 0 Å². The largest absolute Gasteiger partial charge is 0.383 e. The predicted molar refractivity (Wildman–Crippen MR) is 94.9 cm³/mol. The van der Waals surface area contributed by atoms with Crippen molar-refractivity contribution in [2.45, 2.75) is 10.9 Å². The number of nitrogens with zero attached hydrogens (tertiary/aromatic N) is 5. The zero-order valence-corrected chi connectivity index (χ0v) is 13.5. The zero-order valence-electron chi connectivity index (χ0n) is 12.7. The molecule has 0 saturated carbocycles. The van der Waals surface area contributed by atoms with Gasteiger partial charge in [0.05, 0.1) is 11.3 Å². The van der Waals surface area contributed by atoms with Gasteiger partial charge in [-0.2, -0.15) is 0 Å². The summed E-state index contributed by atoms with van der Waals surface area (Å²) in [5.74, 6) is 1.75. The van der Waals surface area contributed by atoms with E-state index in [1.807, 2.05) is 59.2 Å². The van der Waals surface area contributed by atoms with Crippen LogP contribution in [0.25, 0.3) is 16.6 Å². The highest BCUT2D eigenvalue weighted by molar-refractivity contribution is 7.98. The molecule has 0 fully saturated rings. The Bertz CT molecular complexity index is 983. The second-order valence-corrected chi connectivity index (χ2v) is 6.09. The first-order valence-corrected chi connectivity index (χ1v) is 8.39. The molecule has 2 heterocycles. The summed E-state index contributed by atoms with van der Waals surface area (Å²) in [5, 5.41) is 9.85. The van der Waals surface area contributed by atoms with Gasteiger partial charge in [0.1, 0.15) is 18.0 Å². The normalized spacial score (nSPS) is 11.0. The summed E-state index contributed by atoms with van der Waals surface area (Å²) >= 11 is 1.53. The zero-order chi connectivity index (χ0) is 16.4. The van der Waals surface area contributed by atoms with Gasteiger partial charge in [-0.25, -0.2) is 9.97 Å². The topological polar surface area (TPSA) is 82.5 Å². The van der Waals surface area contributed by atoms with Crippen molar-refractivity contribution in [1.82, 2.24) is 24.7 Å². The Morgan fingerprint density at radius 1 is 0.958 bits per heavy atom. The first-order valence-electron chi connectivity index (χ1n) is 7.40. The molecule has 4 rings (SSSR count). The summed E-state index contributed by atoms with van der Waals surface area (Å²) in [4.78, 5) is 8.96. The molecular weight excluding hydrogens is 320 g/mol. The van der Waals surface area contributed by atoms with Crippen molar-refractivity contribution in [3.63, 3.8) is 0 Å². The fourth-order valence-electron chi connectivity index (χ4n) is 2.43. The van der Waals surface area contributed by atoms with Gasteiger partial charge in [-0.1, -0.05) is 42.1 Å². The lowest BCUT2D eigenvalue weighted by Gasteiger charge is -2.07. The van der Waals surface area contributed by atoms with Crippen LogP contribution in [-0.4, -0.2) is 24.7 Å². The third kappa shape index (κ3) is 2.81. The van der Waals surface area contributed by atoms with Crippen LogP contribution in [0.15, 0.2) is 66.1 Å². The SMILES string of the molecule is Nc1nc(CSc2nncn2-c2ccccc2)nc2ccccc12. The Morgan fingerprint density at radius 3 is 2.62 bits per heavy atom. The van der Waals surface area contributed by atoms with Crippen LogP contribution in [-0.2, 0) is 5.75 Å². The van der Waals surface area contributed by atoms with E-state index in [1.165, 1.54) is 11.8 Å². The second-order valence-electron chi connectivity index (χ2n) is 5.15. The molecule has 24 heavy (non-hydrogen) atoms. The maximum atomic E-state index is 6.03. The van der Waals surface area contributed by atoms with Crippen LogP contribution < -0.4 is 5.73 Å².